The minimum absolute atomic E-state index is 0.896. The Hall–Kier alpha value is -0.930. The molecule has 86 valence electrons. The first kappa shape index (κ1) is 12.1. The smallest absolute Gasteiger partial charge is 0.164 e. The van der Waals surface area contributed by atoms with Crippen molar-refractivity contribution in [3.05, 3.63) is 5.82 Å². The van der Waals surface area contributed by atoms with Gasteiger partial charge in [-0.3, -0.25) is 0 Å². The molecule has 4 heteroatoms. The lowest BCUT2D eigenvalue weighted by Crippen LogP contribution is -2.02. The number of hydrogen-bond donors (Lipinski definition) is 0. The molecule has 0 aromatic carbocycles. The van der Waals surface area contributed by atoms with Gasteiger partial charge >= 0.3 is 0 Å². The molecule has 0 N–H and O–H groups in total. The molecule has 0 atom stereocenters. The Labute approximate surface area is 92.1 Å². The van der Waals surface area contributed by atoms with Gasteiger partial charge in [0.05, 0.1) is 6.54 Å². The van der Waals surface area contributed by atoms with Gasteiger partial charge in [0.25, 0.3) is 0 Å². The van der Waals surface area contributed by atoms with E-state index in [1.165, 1.54) is 25.7 Å². The second-order valence-corrected chi connectivity index (χ2v) is 3.97. The van der Waals surface area contributed by atoms with Crippen LogP contribution in [0.1, 0.15) is 58.2 Å². The maximum Gasteiger partial charge on any atom is 0.174 e. The Kier molecular flexibility index (Phi) is 5.97. The Balaban J connectivity index is 2.20. The van der Waals surface area contributed by atoms with Gasteiger partial charge in [-0.25, -0.2) is 0 Å². The van der Waals surface area contributed by atoms with Crippen LogP contribution in [0.4, 0.5) is 0 Å². The Morgan fingerprint density at radius 2 is 1.80 bits per heavy atom. The van der Waals surface area contributed by atoms with Crippen molar-refractivity contribution in [1.82, 2.24) is 20.2 Å². The van der Waals surface area contributed by atoms with Gasteiger partial charge in [0, 0.05) is 6.42 Å². The summed E-state index contributed by atoms with van der Waals surface area (Å²) < 4.78 is 0. The Morgan fingerprint density at radius 1 is 1.00 bits per heavy atom. The first-order valence-electron chi connectivity index (χ1n) is 6.13. The van der Waals surface area contributed by atoms with Crippen molar-refractivity contribution < 1.29 is 0 Å². The van der Waals surface area contributed by atoms with E-state index in [4.69, 9.17) is 0 Å². The van der Waals surface area contributed by atoms with Crippen LogP contribution in [-0.2, 0) is 13.0 Å². The average molecular weight is 210 g/mol. The number of aryl methyl sites for hydroxylation is 2. The minimum atomic E-state index is 0.896. The fraction of sp³-hybridized carbons (Fsp3) is 0.909. The van der Waals surface area contributed by atoms with Crippen molar-refractivity contribution in [3.63, 3.8) is 0 Å². The molecule has 0 aliphatic carbocycles. The monoisotopic (exact) mass is 210 g/mol. The third-order valence-corrected chi connectivity index (χ3v) is 2.46. The molecule has 0 radical (unpaired) electrons. The van der Waals surface area contributed by atoms with Crippen LogP contribution in [0.15, 0.2) is 0 Å². The first-order valence-corrected chi connectivity index (χ1v) is 6.13. The van der Waals surface area contributed by atoms with E-state index in [9.17, 15) is 0 Å². The number of hydrogen-bond acceptors (Lipinski definition) is 3. The Bertz CT molecular complexity index is 257. The molecule has 0 unspecified atom stereocenters. The van der Waals surface area contributed by atoms with Crippen LogP contribution < -0.4 is 0 Å². The zero-order valence-electron chi connectivity index (χ0n) is 9.95. The van der Waals surface area contributed by atoms with Crippen molar-refractivity contribution in [2.24, 2.45) is 0 Å². The highest BCUT2D eigenvalue weighted by Gasteiger charge is 2.01. The predicted molar refractivity (Wildman–Crippen MR) is 60.6 cm³/mol. The predicted octanol–water partition coefficient (Wildman–Crippen LogP) is 2.60. The highest BCUT2D eigenvalue weighted by molar-refractivity contribution is 4.76. The molecule has 15 heavy (non-hydrogen) atoms. The average Bonchev–Trinajstić information content (AvgIpc) is 2.69. The quantitative estimate of drug-likeness (QED) is 0.619. The summed E-state index contributed by atoms with van der Waals surface area (Å²) in [4.78, 5) is 1.74. The molecule has 1 aromatic heterocycles. The van der Waals surface area contributed by atoms with E-state index in [1.807, 2.05) is 0 Å². The highest BCUT2D eigenvalue weighted by Crippen LogP contribution is 2.01. The SMILES string of the molecule is CCCCCCn1nnc(CCCC)n1. The van der Waals surface area contributed by atoms with E-state index in [0.29, 0.717) is 0 Å². The molecule has 1 heterocycles. The van der Waals surface area contributed by atoms with Crippen LogP contribution in [-0.4, -0.2) is 20.2 Å². The Morgan fingerprint density at radius 3 is 2.53 bits per heavy atom. The van der Waals surface area contributed by atoms with Gasteiger partial charge in [0.15, 0.2) is 5.82 Å². The summed E-state index contributed by atoms with van der Waals surface area (Å²) in [7, 11) is 0. The fourth-order valence-corrected chi connectivity index (χ4v) is 1.49. The lowest BCUT2D eigenvalue weighted by atomic mass is 10.2. The minimum Gasteiger partial charge on any atom is -0.164 e. The van der Waals surface area contributed by atoms with E-state index in [1.54, 1.807) is 4.80 Å². The molecule has 1 rings (SSSR count). The van der Waals surface area contributed by atoms with Crippen LogP contribution in [0, 0.1) is 0 Å². The van der Waals surface area contributed by atoms with Crippen LogP contribution in [0.25, 0.3) is 0 Å². The zero-order valence-corrected chi connectivity index (χ0v) is 9.95. The second-order valence-electron chi connectivity index (χ2n) is 3.97. The van der Waals surface area contributed by atoms with Gasteiger partial charge in [0.1, 0.15) is 0 Å². The van der Waals surface area contributed by atoms with Gasteiger partial charge in [-0.15, -0.1) is 10.2 Å². The summed E-state index contributed by atoms with van der Waals surface area (Å²) in [5, 5.41) is 12.4. The van der Waals surface area contributed by atoms with E-state index in [-0.39, 0.29) is 0 Å². The molecule has 4 nitrogen and oxygen atoms in total. The van der Waals surface area contributed by atoms with Crippen LogP contribution in [0.5, 0.6) is 0 Å². The largest absolute Gasteiger partial charge is 0.174 e. The number of unbranched alkanes of at least 4 members (excludes halogenated alkanes) is 4. The summed E-state index contributed by atoms with van der Waals surface area (Å²) in [6.45, 7) is 5.31. The van der Waals surface area contributed by atoms with Crippen LogP contribution in [0.3, 0.4) is 0 Å². The second kappa shape index (κ2) is 7.37. The number of aromatic nitrogens is 4. The fourth-order valence-electron chi connectivity index (χ4n) is 1.49. The molecular weight excluding hydrogens is 188 g/mol. The lowest BCUT2D eigenvalue weighted by Gasteiger charge is -1.97. The molecule has 0 fully saturated rings. The molecule has 0 spiro atoms. The third kappa shape index (κ3) is 4.91. The van der Waals surface area contributed by atoms with Gasteiger partial charge in [0.2, 0.25) is 0 Å². The van der Waals surface area contributed by atoms with Crippen molar-refractivity contribution in [2.75, 3.05) is 0 Å². The third-order valence-electron chi connectivity index (χ3n) is 2.46. The normalized spacial score (nSPS) is 10.8. The van der Waals surface area contributed by atoms with Gasteiger partial charge in [-0.2, -0.15) is 4.80 Å². The summed E-state index contributed by atoms with van der Waals surface area (Å²) in [5.74, 6) is 0.896. The number of tetrazole rings is 1. The molecule has 1 aromatic rings. The molecule has 0 amide bonds. The maximum atomic E-state index is 4.34. The van der Waals surface area contributed by atoms with Crippen molar-refractivity contribution in [2.45, 2.75) is 65.3 Å². The first-order chi connectivity index (χ1) is 7.36. The molecule has 0 bridgehead atoms. The standard InChI is InChI=1S/C11H22N4/c1-3-5-7-8-10-15-13-11(12-14-15)9-6-4-2/h3-10H2,1-2H3. The highest BCUT2D eigenvalue weighted by atomic mass is 15.6. The van der Waals surface area contributed by atoms with Crippen LogP contribution >= 0.6 is 0 Å². The van der Waals surface area contributed by atoms with Crippen molar-refractivity contribution in [3.8, 4) is 0 Å². The summed E-state index contributed by atoms with van der Waals surface area (Å²) in [5.41, 5.74) is 0. The van der Waals surface area contributed by atoms with Gasteiger partial charge in [-0.05, 0) is 18.1 Å². The molecule has 0 saturated carbocycles. The summed E-state index contributed by atoms with van der Waals surface area (Å²) in [6, 6.07) is 0. The summed E-state index contributed by atoms with van der Waals surface area (Å²) >= 11 is 0. The lowest BCUT2D eigenvalue weighted by molar-refractivity contribution is 0.478. The molecular formula is C11H22N4. The van der Waals surface area contributed by atoms with Gasteiger partial charge < -0.3 is 0 Å². The van der Waals surface area contributed by atoms with Gasteiger partial charge in [-0.1, -0.05) is 39.5 Å². The maximum absolute atomic E-state index is 4.34. The van der Waals surface area contributed by atoms with Crippen LogP contribution in [0.2, 0.25) is 0 Å². The topological polar surface area (TPSA) is 43.6 Å². The van der Waals surface area contributed by atoms with E-state index in [2.05, 4.69) is 29.3 Å². The number of nitrogens with zero attached hydrogens (tertiary/aromatic N) is 4. The number of rotatable bonds is 8. The van der Waals surface area contributed by atoms with E-state index >= 15 is 0 Å². The van der Waals surface area contributed by atoms with E-state index < -0.39 is 0 Å². The molecule has 0 saturated heterocycles. The van der Waals surface area contributed by atoms with Crippen molar-refractivity contribution in [1.29, 1.82) is 0 Å². The molecule has 0 aliphatic rings. The summed E-state index contributed by atoms with van der Waals surface area (Å²) in [6.07, 6.45) is 8.31. The zero-order chi connectivity index (χ0) is 10.9. The molecule has 0 aliphatic heterocycles. The van der Waals surface area contributed by atoms with E-state index in [0.717, 1.165) is 31.6 Å². The van der Waals surface area contributed by atoms with Crippen molar-refractivity contribution >= 4 is 0 Å².